The minimum Gasteiger partial charge on any atom is -0.457 e. The number of hydrogen-bond donors (Lipinski definition) is 2. The van der Waals surface area contributed by atoms with Crippen molar-refractivity contribution in [2.75, 3.05) is 11.9 Å². The van der Waals surface area contributed by atoms with Gasteiger partial charge >= 0.3 is 0 Å². The molecule has 3 aromatic rings. The van der Waals surface area contributed by atoms with Crippen LogP contribution in [-0.2, 0) is 4.79 Å². The zero-order chi connectivity index (χ0) is 18.2. The third-order valence-corrected chi connectivity index (χ3v) is 4.37. The molecule has 1 aromatic heterocycles. The molecule has 0 bridgehead atoms. The lowest BCUT2D eigenvalue weighted by molar-refractivity contribution is -0.116. The summed E-state index contributed by atoms with van der Waals surface area (Å²) in [6.45, 7) is 0.289. The molecule has 0 unspecified atom stereocenters. The Morgan fingerprint density at radius 2 is 1.62 bits per heavy atom. The van der Waals surface area contributed by atoms with Crippen molar-refractivity contribution in [2.24, 2.45) is 0 Å². The maximum Gasteiger partial charge on any atom is 0.261 e. The van der Waals surface area contributed by atoms with Crippen LogP contribution in [0.5, 0.6) is 11.5 Å². The number of anilines is 1. The minimum atomic E-state index is -0.159. The third kappa shape index (κ3) is 5.19. The number of amides is 2. The molecule has 0 aliphatic heterocycles. The molecule has 26 heavy (non-hydrogen) atoms. The topological polar surface area (TPSA) is 67.4 Å². The first kappa shape index (κ1) is 17.7. The van der Waals surface area contributed by atoms with Gasteiger partial charge in [-0.3, -0.25) is 9.59 Å². The summed E-state index contributed by atoms with van der Waals surface area (Å²) < 4.78 is 5.71. The molecule has 0 saturated carbocycles. The van der Waals surface area contributed by atoms with E-state index in [-0.39, 0.29) is 24.8 Å². The quantitative estimate of drug-likeness (QED) is 0.655. The fourth-order valence-corrected chi connectivity index (χ4v) is 2.88. The molecule has 2 N–H and O–H groups in total. The van der Waals surface area contributed by atoms with Gasteiger partial charge in [-0.1, -0.05) is 24.3 Å². The molecule has 5 nitrogen and oxygen atoms in total. The highest BCUT2D eigenvalue weighted by atomic mass is 32.1. The molecule has 0 aliphatic carbocycles. The lowest BCUT2D eigenvalue weighted by Crippen LogP contribution is -2.27. The van der Waals surface area contributed by atoms with E-state index in [0.717, 1.165) is 5.75 Å². The molecule has 1 heterocycles. The highest BCUT2D eigenvalue weighted by Gasteiger charge is 2.07. The summed E-state index contributed by atoms with van der Waals surface area (Å²) in [4.78, 5) is 24.4. The Morgan fingerprint density at radius 3 is 2.31 bits per heavy atom. The van der Waals surface area contributed by atoms with Gasteiger partial charge in [-0.25, -0.2) is 0 Å². The van der Waals surface area contributed by atoms with Crippen molar-refractivity contribution in [3.8, 4) is 11.5 Å². The van der Waals surface area contributed by atoms with E-state index in [0.29, 0.717) is 16.3 Å². The Kier molecular flexibility index (Phi) is 6.01. The summed E-state index contributed by atoms with van der Waals surface area (Å²) in [5.74, 6) is 1.13. The second kappa shape index (κ2) is 8.82. The van der Waals surface area contributed by atoms with E-state index in [2.05, 4.69) is 10.6 Å². The van der Waals surface area contributed by atoms with E-state index >= 15 is 0 Å². The summed E-state index contributed by atoms with van der Waals surface area (Å²) in [5.41, 5.74) is 0.681. The summed E-state index contributed by atoms with van der Waals surface area (Å²) >= 11 is 1.37. The standard InChI is InChI=1S/C20H18N2O3S/c23-19(12-13-21-20(24)18-7-4-14-26-18)22-15-8-10-17(11-9-15)25-16-5-2-1-3-6-16/h1-11,14H,12-13H2,(H,21,24)(H,22,23). The van der Waals surface area contributed by atoms with Gasteiger partial charge in [0.15, 0.2) is 0 Å². The molecule has 2 aromatic carbocycles. The number of ether oxygens (including phenoxy) is 1. The van der Waals surface area contributed by atoms with Crippen LogP contribution in [0, 0.1) is 0 Å². The fraction of sp³-hybridized carbons (Fsp3) is 0.100. The summed E-state index contributed by atoms with van der Waals surface area (Å²) in [5, 5.41) is 7.37. The monoisotopic (exact) mass is 366 g/mol. The summed E-state index contributed by atoms with van der Waals surface area (Å²) in [7, 11) is 0. The molecule has 132 valence electrons. The Bertz CT molecular complexity index is 847. The molecule has 0 atom stereocenters. The van der Waals surface area contributed by atoms with Crippen LogP contribution in [0.3, 0.4) is 0 Å². The van der Waals surface area contributed by atoms with Gasteiger partial charge in [-0.05, 0) is 47.8 Å². The minimum absolute atomic E-state index is 0.157. The van der Waals surface area contributed by atoms with Gasteiger partial charge in [0, 0.05) is 18.7 Å². The van der Waals surface area contributed by atoms with Crippen molar-refractivity contribution in [1.82, 2.24) is 5.32 Å². The SMILES string of the molecule is O=C(CCNC(=O)c1cccs1)Nc1ccc(Oc2ccccc2)cc1. The second-order valence-corrected chi connectivity index (χ2v) is 6.42. The van der Waals surface area contributed by atoms with Gasteiger partial charge in [0.05, 0.1) is 4.88 Å². The lowest BCUT2D eigenvalue weighted by Gasteiger charge is -2.08. The highest BCUT2D eigenvalue weighted by molar-refractivity contribution is 7.12. The van der Waals surface area contributed by atoms with E-state index in [9.17, 15) is 9.59 Å². The van der Waals surface area contributed by atoms with E-state index in [4.69, 9.17) is 4.74 Å². The number of carbonyl (C=O) groups excluding carboxylic acids is 2. The van der Waals surface area contributed by atoms with Gasteiger partial charge in [0.25, 0.3) is 5.91 Å². The number of hydrogen-bond acceptors (Lipinski definition) is 4. The zero-order valence-electron chi connectivity index (χ0n) is 14.0. The van der Waals surface area contributed by atoms with Crippen LogP contribution >= 0.6 is 11.3 Å². The Morgan fingerprint density at radius 1 is 0.885 bits per heavy atom. The van der Waals surface area contributed by atoms with Crippen molar-refractivity contribution in [3.05, 3.63) is 77.0 Å². The van der Waals surface area contributed by atoms with Crippen LogP contribution in [0.2, 0.25) is 0 Å². The third-order valence-electron chi connectivity index (χ3n) is 3.50. The average molecular weight is 366 g/mol. The van der Waals surface area contributed by atoms with Crippen LogP contribution in [0.25, 0.3) is 0 Å². The molecule has 0 spiro atoms. The number of carbonyl (C=O) groups is 2. The van der Waals surface area contributed by atoms with Crippen LogP contribution in [0.1, 0.15) is 16.1 Å². The average Bonchev–Trinajstić information content (AvgIpc) is 3.19. The van der Waals surface area contributed by atoms with Crippen molar-refractivity contribution < 1.29 is 14.3 Å². The maximum atomic E-state index is 12.0. The number of rotatable bonds is 7. The normalized spacial score (nSPS) is 10.2. The second-order valence-electron chi connectivity index (χ2n) is 5.47. The molecule has 0 fully saturated rings. The zero-order valence-corrected chi connectivity index (χ0v) is 14.8. The molecule has 2 amide bonds. The number of thiophene rings is 1. The molecular weight excluding hydrogens is 348 g/mol. The number of para-hydroxylation sites is 1. The number of benzene rings is 2. The summed E-state index contributed by atoms with van der Waals surface area (Å²) in [6, 6.07) is 20.2. The maximum absolute atomic E-state index is 12.0. The predicted molar refractivity (Wildman–Crippen MR) is 103 cm³/mol. The van der Waals surface area contributed by atoms with Crippen LogP contribution in [-0.4, -0.2) is 18.4 Å². The number of nitrogens with one attached hydrogen (secondary N) is 2. The Balaban J connectivity index is 1.43. The smallest absolute Gasteiger partial charge is 0.261 e. The Hall–Kier alpha value is -3.12. The van der Waals surface area contributed by atoms with Gasteiger partial charge in [0.2, 0.25) is 5.91 Å². The van der Waals surface area contributed by atoms with E-state index < -0.39 is 0 Å². The van der Waals surface area contributed by atoms with Gasteiger partial charge in [0.1, 0.15) is 11.5 Å². The van der Waals surface area contributed by atoms with E-state index in [1.54, 1.807) is 30.3 Å². The predicted octanol–water partition coefficient (Wildman–Crippen LogP) is 4.30. The summed E-state index contributed by atoms with van der Waals surface area (Å²) in [6.07, 6.45) is 0.208. The van der Waals surface area contributed by atoms with Crippen LogP contribution in [0.15, 0.2) is 72.1 Å². The molecule has 0 saturated heterocycles. The molecule has 0 radical (unpaired) electrons. The molecule has 3 rings (SSSR count). The van der Waals surface area contributed by atoms with Gasteiger partial charge in [-0.15, -0.1) is 11.3 Å². The van der Waals surface area contributed by atoms with Gasteiger partial charge in [-0.2, -0.15) is 0 Å². The van der Waals surface area contributed by atoms with Gasteiger partial charge < -0.3 is 15.4 Å². The molecule has 0 aliphatic rings. The van der Waals surface area contributed by atoms with Crippen LogP contribution in [0.4, 0.5) is 5.69 Å². The molecular formula is C20H18N2O3S. The first-order chi connectivity index (χ1) is 12.7. The highest BCUT2D eigenvalue weighted by Crippen LogP contribution is 2.22. The van der Waals surface area contributed by atoms with Crippen molar-refractivity contribution in [2.45, 2.75) is 6.42 Å². The Labute approximate surface area is 155 Å². The van der Waals surface area contributed by atoms with E-state index in [1.807, 2.05) is 41.8 Å². The van der Waals surface area contributed by atoms with Crippen molar-refractivity contribution >= 4 is 28.8 Å². The van der Waals surface area contributed by atoms with E-state index in [1.165, 1.54) is 11.3 Å². The molecule has 6 heteroatoms. The fourth-order valence-electron chi connectivity index (χ4n) is 2.24. The first-order valence-electron chi connectivity index (χ1n) is 8.15. The lowest BCUT2D eigenvalue weighted by atomic mass is 10.3. The first-order valence-corrected chi connectivity index (χ1v) is 9.03. The largest absolute Gasteiger partial charge is 0.457 e. The van der Waals surface area contributed by atoms with Crippen molar-refractivity contribution in [3.63, 3.8) is 0 Å². The van der Waals surface area contributed by atoms with Crippen LogP contribution < -0.4 is 15.4 Å². The van der Waals surface area contributed by atoms with Crippen molar-refractivity contribution in [1.29, 1.82) is 0 Å².